The van der Waals surface area contributed by atoms with E-state index in [1.54, 1.807) is 7.11 Å². The molecule has 0 radical (unpaired) electrons. The highest BCUT2D eigenvalue weighted by molar-refractivity contribution is 8.08. The summed E-state index contributed by atoms with van der Waals surface area (Å²) in [5.41, 5.74) is 0. The van der Waals surface area contributed by atoms with Crippen LogP contribution < -0.4 is 0 Å². The summed E-state index contributed by atoms with van der Waals surface area (Å²) in [5, 5.41) is 0. The Morgan fingerprint density at radius 3 is 2.70 bits per heavy atom. The summed E-state index contributed by atoms with van der Waals surface area (Å²) < 4.78 is 15.6. The molecule has 0 N–H and O–H groups in total. The average Bonchev–Trinajstić information content (AvgIpc) is 2.63. The second-order valence-corrected chi connectivity index (χ2v) is 4.51. The molecule has 1 aliphatic carbocycles. The quantitative estimate of drug-likeness (QED) is 0.613. The highest BCUT2D eigenvalue weighted by Gasteiger charge is 2.31. The van der Waals surface area contributed by atoms with Gasteiger partial charge in [0.15, 0.2) is 0 Å². The van der Waals surface area contributed by atoms with Gasteiger partial charge in [-0.05, 0) is 29.4 Å². The Labute approximate surface area is 67.9 Å². The molecule has 2 unspecified atom stereocenters. The first-order valence-electron chi connectivity index (χ1n) is 3.31. The summed E-state index contributed by atoms with van der Waals surface area (Å²) in [7, 11) is 5.73. The van der Waals surface area contributed by atoms with Crippen molar-refractivity contribution in [1.29, 1.82) is 0 Å². The lowest BCUT2D eigenvalue weighted by Crippen LogP contribution is -2.19. The zero-order valence-electron chi connectivity index (χ0n) is 5.88. The molecule has 1 rings (SSSR count). The number of hydrogen-bond acceptors (Lipinski definition) is 2. The standard InChI is InChI=1S/C6H11ClO2S/c1-9-6(4-10(7)8)5-2-3-5/h5-6H,2-4H2,1H3. The lowest BCUT2D eigenvalue weighted by molar-refractivity contribution is 0.103. The van der Waals surface area contributed by atoms with E-state index in [0.29, 0.717) is 11.7 Å². The zero-order valence-corrected chi connectivity index (χ0v) is 7.45. The largest absolute Gasteiger partial charge is 0.380 e. The van der Waals surface area contributed by atoms with Crippen LogP contribution in [0.4, 0.5) is 0 Å². The van der Waals surface area contributed by atoms with E-state index >= 15 is 0 Å². The van der Waals surface area contributed by atoms with Gasteiger partial charge in [-0.25, -0.2) is 4.21 Å². The minimum absolute atomic E-state index is 0.123. The molecule has 0 aromatic heterocycles. The van der Waals surface area contributed by atoms with Crippen LogP contribution in [-0.2, 0) is 14.7 Å². The zero-order chi connectivity index (χ0) is 7.56. The van der Waals surface area contributed by atoms with Crippen LogP contribution in [-0.4, -0.2) is 23.2 Å². The maximum Gasteiger partial charge on any atom is 0.117 e. The van der Waals surface area contributed by atoms with E-state index < -0.39 is 10.0 Å². The van der Waals surface area contributed by atoms with Crippen molar-refractivity contribution in [1.82, 2.24) is 0 Å². The molecule has 2 atom stereocenters. The fourth-order valence-electron chi connectivity index (χ4n) is 0.994. The maximum atomic E-state index is 10.5. The van der Waals surface area contributed by atoms with Crippen molar-refractivity contribution in [3.63, 3.8) is 0 Å². The van der Waals surface area contributed by atoms with Gasteiger partial charge in [-0.3, -0.25) is 0 Å². The Morgan fingerprint density at radius 1 is 1.80 bits per heavy atom. The molecule has 60 valence electrons. The fraction of sp³-hybridized carbons (Fsp3) is 1.00. The van der Waals surface area contributed by atoms with Crippen molar-refractivity contribution in [2.75, 3.05) is 12.9 Å². The minimum atomic E-state index is -1.23. The van der Waals surface area contributed by atoms with Gasteiger partial charge in [-0.2, -0.15) is 0 Å². The van der Waals surface area contributed by atoms with E-state index in [1.165, 1.54) is 12.8 Å². The summed E-state index contributed by atoms with van der Waals surface area (Å²) in [6.45, 7) is 0. The third-order valence-corrected chi connectivity index (χ3v) is 2.71. The van der Waals surface area contributed by atoms with Gasteiger partial charge < -0.3 is 4.74 Å². The second kappa shape index (κ2) is 3.69. The smallest absolute Gasteiger partial charge is 0.117 e. The van der Waals surface area contributed by atoms with E-state index in [0.717, 1.165) is 0 Å². The number of halogens is 1. The molecule has 1 fully saturated rings. The number of methoxy groups -OCH3 is 1. The van der Waals surface area contributed by atoms with Crippen LogP contribution in [0.15, 0.2) is 0 Å². The predicted molar refractivity (Wildman–Crippen MR) is 42.4 cm³/mol. The summed E-state index contributed by atoms with van der Waals surface area (Å²) >= 11 is 0. The van der Waals surface area contributed by atoms with E-state index in [1.807, 2.05) is 0 Å². The third kappa shape index (κ3) is 2.56. The van der Waals surface area contributed by atoms with Gasteiger partial charge >= 0.3 is 0 Å². The molecule has 0 amide bonds. The van der Waals surface area contributed by atoms with Gasteiger partial charge in [-0.1, -0.05) is 0 Å². The van der Waals surface area contributed by atoms with E-state index in [4.69, 9.17) is 15.4 Å². The Hall–Kier alpha value is 0.400. The van der Waals surface area contributed by atoms with Crippen LogP contribution in [0.2, 0.25) is 0 Å². The molecular weight excluding hydrogens is 172 g/mol. The third-order valence-electron chi connectivity index (χ3n) is 1.75. The molecule has 0 aromatic rings. The van der Waals surface area contributed by atoms with Crippen molar-refractivity contribution in [2.45, 2.75) is 18.9 Å². The summed E-state index contributed by atoms with van der Waals surface area (Å²) in [4.78, 5) is 0. The van der Waals surface area contributed by atoms with Crippen LogP contribution in [0.1, 0.15) is 12.8 Å². The van der Waals surface area contributed by atoms with E-state index in [2.05, 4.69) is 0 Å². The highest BCUT2D eigenvalue weighted by Crippen LogP contribution is 2.34. The van der Waals surface area contributed by atoms with Crippen molar-refractivity contribution in [3.05, 3.63) is 0 Å². The van der Waals surface area contributed by atoms with Gasteiger partial charge in [0, 0.05) is 7.11 Å². The molecule has 1 aliphatic rings. The first-order chi connectivity index (χ1) is 4.74. The molecule has 0 spiro atoms. The molecule has 0 bridgehead atoms. The van der Waals surface area contributed by atoms with Gasteiger partial charge in [0.05, 0.1) is 11.9 Å². The molecule has 0 aliphatic heterocycles. The number of hydrogen-bond donors (Lipinski definition) is 0. The molecule has 10 heavy (non-hydrogen) atoms. The lowest BCUT2D eigenvalue weighted by atomic mass is 10.3. The van der Waals surface area contributed by atoms with Gasteiger partial charge in [0.25, 0.3) is 0 Å². The lowest BCUT2D eigenvalue weighted by Gasteiger charge is -2.10. The van der Waals surface area contributed by atoms with E-state index in [9.17, 15) is 4.21 Å². The molecule has 0 aromatic carbocycles. The fourth-order valence-corrected chi connectivity index (χ4v) is 2.03. The molecule has 4 heteroatoms. The van der Waals surface area contributed by atoms with Crippen LogP contribution >= 0.6 is 10.7 Å². The van der Waals surface area contributed by atoms with Crippen LogP contribution in [0.25, 0.3) is 0 Å². The molecule has 2 nitrogen and oxygen atoms in total. The first kappa shape index (κ1) is 8.50. The Morgan fingerprint density at radius 2 is 2.40 bits per heavy atom. The number of rotatable bonds is 4. The summed E-state index contributed by atoms with van der Waals surface area (Å²) in [6.07, 6.45) is 2.53. The normalized spacial score (nSPS) is 24.2. The highest BCUT2D eigenvalue weighted by atomic mass is 35.7. The molecule has 1 saturated carbocycles. The summed E-state index contributed by atoms with van der Waals surface area (Å²) in [5.74, 6) is 1.09. The topological polar surface area (TPSA) is 26.3 Å². The maximum absolute atomic E-state index is 10.5. The Balaban J connectivity index is 2.25. The SMILES string of the molecule is COC(CS(=O)Cl)C1CC1. The van der Waals surface area contributed by atoms with Crippen LogP contribution in [0, 0.1) is 5.92 Å². The van der Waals surface area contributed by atoms with E-state index in [-0.39, 0.29) is 6.10 Å². The predicted octanol–water partition coefficient (Wildman–Crippen LogP) is 1.31. The second-order valence-electron chi connectivity index (χ2n) is 2.57. The molecule has 0 heterocycles. The van der Waals surface area contributed by atoms with Crippen LogP contribution in [0.5, 0.6) is 0 Å². The first-order valence-corrected chi connectivity index (χ1v) is 5.46. The average molecular weight is 183 g/mol. The van der Waals surface area contributed by atoms with Crippen molar-refractivity contribution in [3.8, 4) is 0 Å². The van der Waals surface area contributed by atoms with Crippen LogP contribution in [0.3, 0.4) is 0 Å². The minimum Gasteiger partial charge on any atom is -0.380 e. The molecular formula is C6H11ClO2S. The molecule has 0 saturated heterocycles. The van der Waals surface area contributed by atoms with Crippen molar-refractivity contribution < 1.29 is 8.95 Å². The summed E-state index contributed by atoms with van der Waals surface area (Å²) in [6, 6.07) is 0. The number of ether oxygens (including phenoxy) is 1. The van der Waals surface area contributed by atoms with Gasteiger partial charge in [0.1, 0.15) is 10.0 Å². The van der Waals surface area contributed by atoms with Crippen molar-refractivity contribution in [2.24, 2.45) is 5.92 Å². The monoisotopic (exact) mass is 182 g/mol. The van der Waals surface area contributed by atoms with Crippen molar-refractivity contribution >= 4 is 20.7 Å². The Kier molecular flexibility index (Phi) is 3.14. The van der Waals surface area contributed by atoms with Gasteiger partial charge in [-0.15, -0.1) is 0 Å². The Bertz CT molecular complexity index is 136. The van der Waals surface area contributed by atoms with Gasteiger partial charge in [0.2, 0.25) is 0 Å².